The molecule has 214 valence electrons. The van der Waals surface area contributed by atoms with E-state index in [1.165, 1.54) is 51.4 Å². The summed E-state index contributed by atoms with van der Waals surface area (Å²) in [5.74, 6) is 5.89. The first-order valence-electron chi connectivity index (χ1n) is 16.0. The predicted molar refractivity (Wildman–Crippen MR) is 161 cm³/mol. The summed E-state index contributed by atoms with van der Waals surface area (Å²) in [7, 11) is 0. The van der Waals surface area contributed by atoms with Crippen molar-refractivity contribution in [1.29, 1.82) is 0 Å². The SMILES string of the molecule is CC.CC.CC.CC1CCC2C(CCC3C2CCC2(C)C(C(=O)Cn4nc5ccc(Cl)cc5n4)CCC32)C1. The van der Waals surface area contributed by atoms with Gasteiger partial charge in [0.1, 0.15) is 17.6 Å². The maximum Gasteiger partial charge on any atom is 0.159 e. The molecule has 1 aromatic heterocycles. The smallest absolute Gasteiger partial charge is 0.159 e. The monoisotopic (exact) mass is 543 g/mol. The number of hydrogen-bond acceptors (Lipinski definition) is 3. The molecule has 0 saturated heterocycles. The summed E-state index contributed by atoms with van der Waals surface area (Å²) < 4.78 is 0. The maximum atomic E-state index is 13.5. The van der Waals surface area contributed by atoms with Gasteiger partial charge in [-0.15, -0.1) is 0 Å². The number of rotatable bonds is 3. The lowest BCUT2D eigenvalue weighted by Gasteiger charge is -2.56. The second-order valence-electron chi connectivity index (χ2n) is 11.9. The van der Waals surface area contributed by atoms with Gasteiger partial charge in [0.05, 0.1) is 0 Å². The molecule has 2 aromatic rings. The summed E-state index contributed by atoms with van der Waals surface area (Å²) in [5, 5.41) is 9.72. The van der Waals surface area contributed by atoms with Crippen LogP contribution >= 0.6 is 11.6 Å². The highest BCUT2D eigenvalue weighted by Crippen LogP contribution is 2.64. The molecule has 4 aliphatic rings. The molecular formula is C33H54ClN3O. The quantitative estimate of drug-likeness (QED) is 0.387. The van der Waals surface area contributed by atoms with Gasteiger partial charge in [0.15, 0.2) is 5.78 Å². The first kappa shape index (κ1) is 31.1. The van der Waals surface area contributed by atoms with Crippen molar-refractivity contribution in [3.8, 4) is 0 Å². The van der Waals surface area contributed by atoms with E-state index in [0.29, 0.717) is 10.8 Å². The molecule has 0 aliphatic heterocycles. The molecule has 4 fully saturated rings. The fourth-order valence-electron chi connectivity index (χ4n) is 8.87. The lowest BCUT2D eigenvalue weighted by Crippen LogP contribution is -2.49. The number of hydrogen-bond donors (Lipinski definition) is 0. The summed E-state index contributed by atoms with van der Waals surface area (Å²) in [4.78, 5) is 15.1. The average molecular weight is 544 g/mol. The lowest BCUT2D eigenvalue weighted by molar-refractivity contribution is -0.131. The van der Waals surface area contributed by atoms with Crippen molar-refractivity contribution in [2.45, 2.75) is 120 Å². The molecule has 6 rings (SSSR count). The Morgan fingerprint density at radius 2 is 1.58 bits per heavy atom. The first-order valence-corrected chi connectivity index (χ1v) is 16.3. The third-order valence-corrected chi connectivity index (χ3v) is 10.5. The molecule has 4 aliphatic carbocycles. The summed E-state index contributed by atoms with van der Waals surface area (Å²) >= 11 is 6.09. The van der Waals surface area contributed by atoms with E-state index in [1.54, 1.807) is 4.80 Å². The normalized spacial score (nSPS) is 35.1. The van der Waals surface area contributed by atoms with E-state index in [9.17, 15) is 4.79 Å². The molecule has 1 heterocycles. The van der Waals surface area contributed by atoms with Gasteiger partial charge in [0, 0.05) is 10.9 Å². The van der Waals surface area contributed by atoms with E-state index in [0.717, 1.165) is 53.0 Å². The van der Waals surface area contributed by atoms with Gasteiger partial charge in [0.25, 0.3) is 0 Å². The van der Waals surface area contributed by atoms with Gasteiger partial charge in [-0.2, -0.15) is 15.0 Å². The molecule has 0 radical (unpaired) electrons. The van der Waals surface area contributed by atoms with Gasteiger partial charge < -0.3 is 0 Å². The van der Waals surface area contributed by atoms with Crippen LogP contribution in [0.25, 0.3) is 11.0 Å². The number of Topliss-reactive ketones (excluding diaryl/α,β-unsaturated/α-hetero) is 1. The van der Waals surface area contributed by atoms with E-state index >= 15 is 0 Å². The molecule has 0 amide bonds. The first-order chi connectivity index (χ1) is 18.4. The topological polar surface area (TPSA) is 47.8 Å². The Hall–Kier alpha value is -1.42. The minimum Gasteiger partial charge on any atom is -0.297 e. The Labute approximate surface area is 237 Å². The average Bonchev–Trinajstić information content (AvgIpc) is 3.51. The summed E-state index contributed by atoms with van der Waals surface area (Å²) in [6, 6.07) is 5.52. The number of fused-ring (bicyclic) bond motifs is 6. The summed E-state index contributed by atoms with van der Waals surface area (Å²) in [5.41, 5.74) is 1.74. The highest BCUT2D eigenvalue weighted by Gasteiger charge is 2.58. The van der Waals surface area contributed by atoms with Crippen LogP contribution in [0.2, 0.25) is 5.02 Å². The molecule has 8 atom stereocenters. The van der Waals surface area contributed by atoms with Crippen LogP contribution < -0.4 is 0 Å². The molecule has 38 heavy (non-hydrogen) atoms. The third-order valence-electron chi connectivity index (χ3n) is 10.3. The van der Waals surface area contributed by atoms with Crippen molar-refractivity contribution in [3.05, 3.63) is 23.2 Å². The van der Waals surface area contributed by atoms with Gasteiger partial charge >= 0.3 is 0 Å². The largest absolute Gasteiger partial charge is 0.297 e. The van der Waals surface area contributed by atoms with Crippen LogP contribution in [0.1, 0.15) is 113 Å². The van der Waals surface area contributed by atoms with Crippen molar-refractivity contribution in [2.75, 3.05) is 0 Å². The van der Waals surface area contributed by atoms with E-state index in [2.05, 4.69) is 24.0 Å². The van der Waals surface area contributed by atoms with Gasteiger partial charge in [-0.3, -0.25) is 4.79 Å². The zero-order valence-corrected chi connectivity index (χ0v) is 26.2. The standard InChI is InChI=1S/C27H36ClN3O.3C2H6/c1-16-3-6-19-17(13-16)4-7-21-20(19)11-12-27(2)22(21)8-9-23(27)26(32)15-31-29-24-10-5-18(28)14-25(24)30-31;3*1-2/h5,10,14,16-17,19-23H,3-4,6-9,11-13,15H2,1-2H3;3*1-2H3. The van der Waals surface area contributed by atoms with E-state index < -0.39 is 0 Å². The van der Waals surface area contributed by atoms with E-state index in [-0.39, 0.29) is 17.9 Å². The number of benzene rings is 1. The number of nitrogens with zero attached hydrogens (tertiary/aromatic N) is 3. The van der Waals surface area contributed by atoms with Crippen molar-refractivity contribution in [2.24, 2.45) is 46.8 Å². The molecule has 0 N–H and O–H groups in total. The van der Waals surface area contributed by atoms with Crippen molar-refractivity contribution in [1.82, 2.24) is 15.0 Å². The van der Waals surface area contributed by atoms with Crippen LogP contribution in [-0.2, 0) is 11.3 Å². The second-order valence-corrected chi connectivity index (χ2v) is 12.3. The second kappa shape index (κ2) is 13.8. The fourth-order valence-corrected chi connectivity index (χ4v) is 9.04. The van der Waals surface area contributed by atoms with Gasteiger partial charge in [-0.1, -0.05) is 73.4 Å². The fraction of sp³-hybridized carbons (Fsp3) is 0.788. The number of carbonyl (C=O) groups excluding carboxylic acids is 1. The Kier molecular flexibility index (Phi) is 11.3. The number of carbonyl (C=O) groups is 1. The molecule has 1 aromatic carbocycles. The molecule has 4 saturated carbocycles. The van der Waals surface area contributed by atoms with Gasteiger partial charge in [0.2, 0.25) is 0 Å². The summed E-state index contributed by atoms with van der Waals surface area (Å²) in [6.45, 7) is 17.2. The number of halogens is 1. The van der Waals surface area contributed by atoms with Crippen LogP contribution in [0.3, 0.4) is 0 Å². The van der Waals surface area contributed by atoms with Gasteiger partial charge in [-0.05, 0) is 110 Å². The van der Waals surface area contributed by atoms with Crippen molar-refractivity contribution in [3.63, 3.8) is 0 Å². The predicted octanol–water partition coefficient (Wildman–Crippen LogP) is 9.64. The molecule has 5 heteroatoms. The summed E-state index contributed by atoms with van der Waals surface area (Å²) in [6.07, 6.45) is 12.1. The van der Waals surface area contributed by atoms with Gasteiger partial charge in [-0.25, -0.2) is 0 Å². The highest BCUT2D eigenvalue weighted by atomic mass is 35.5. The van der Waals surface area contributed by atoms with E-state index in [4.69, 9.17) is 11.6 Å². The number of ketones is 1. The van der Waals surface area contributed by atoms with E-state index in [1.807, 2.05) is 59.7 Å². The zero-order chi connectivity index (χ0) is 28.0. The Bertz CT molecular complexity index is 1030. The Balaban J connectivity index is 0.000000625. The van der Waals surface area contributed by atoms with Crippen LogP contribution in [0.4, 0.5) is 0 Å². The van der Waals surface area contributed by atoms with Crippen molar-refractivity contribution >= 4 is 28.4 Å². The van der Waals surface area contributed by atoms with Crippen molar-refractivity contribution < 1.29 is 4.79 Å². The Morgan fingerprint density at radius 1 is 0.895 bits per heavy atom. The van der Waals surface area contributed by atoms with Crippen LogP contribution in [0.5, 0.6) is 0 Å². The van der Waals surface area contributed by atoms with Crippen LogP contribution in [0, 0.1) is 46.8 Å². The molecule has 8 unspecified atom stereocenters. The lowest BCUT2D eigenvalue weighted by atomic mass is 9.49. The third kappa shape index (κ3) is 6.01. The molecule has 0 bridgehead atoms. The van der Waals surface area contributed by atoms with Crippen LogP contribution in [0.15, 0.2) is 18.2 Å². The minimum absolute atomic E-state index is 0.162. The molecular weight excluding hydrogens is 490 g/mol. The minimum atomic E-state index is 0.162. The highest BCUT2D eigenvalue weighted by molar-refractivity contribution is 6.31. The molecule has 4 nitrogen and oxygen atoms in total. The molecule has 0 spiro atoms. The van der Waals surface area contributed by atoms with Crippen LogP contribution in [-0.4, -0.2) is 20.8 Å². The Morgan fingerprint density at radius 3 is 2.32 bits per heavy atom. The zero-order valence-electron chi connectivity index (χ0n) is 25.5. The maximum absolute atomic E-state index is 13.5. The number of aromatic nitrogens is 3.